The molecule has 0 aliphatic heterocycles. The molecule has 1 saturated carbocycles. The van der Waals surface area contributed by atoms with Crippen LogP contribution in [0.3, 0.4) is 0 Å². The summed E-state index contributed by atoms with van der Waals surface area (Å²) in [5.41, 5.74) is 0.549. The van der Waals surface area contributed by atoms with Gasteiger partial charge in [0.25, 0.3) is 0 Å². The van der Waals surface area contributed by atoms with E-state index >= 15 is 0 Å². The minimum absolute atomic E-state index is 0.00180. The highest BCUT2D eigenvalue weighted by Gasteiger charge is 2.33. The van der Waals surface area contributed by atoms with Crippen LogP contribution in [0.25, 0.3) is 0 Å². The minimum atomic E-state index is 0.00180. The number of hydrogen-bond donors (Lipinski definition) is 1. The summed E-state index contributed by atoms with van der Waals surface area (Å²) in [5, 5.41) is 3.57. The van der Waals surface area contributed by atoms with Crippen LogP contribution in [0.1, 0.15) is 87.0 Å². The van der Waals surface area contributed by atoms with Crippen molar-refractivity contribution in [3.63, 3.8) is 0 Å². The van der Waals surface area contributed by atoms with E-state index in [1.165, 1.54) is 32.1 Å². The summed E-state index contributed by atoms with van der Waals surface area (Å²) in [5.74, 6) is 1.22. The van der Waals surface area contributed by atoms with Gasteiger partial charge in [-0.3, -0.25) is 4.79 Å². The first-order valence-corrected chi connectivity index (χ1v) is 8.88. The van der Waals surface area contributed by atoms with Gasteiger partial charge in [0.1, 0.15) is 0 Å². The third kappa shape index (κ3) is 6.10. The lowest BCUT2D eigenvalue weighted by atomic mass is 9.69. The van der Waals surface area contributed by atoms with Crippen molar-refractivity contribution in [1.82, 2.24) is 5.32 Å². The molecule has 2 heteroatoms. The van der Waals surface area contributed by atoms with Crippen LogP contribution in [-0.4, -0.2) is 17.4 Å². The maximum absolute atomic E-state index is 12.5. The van der Waals surface area contributed by atoms with Crippen LogP contribution in [0.4, 0.5) is 0 Å². The van der Waals surface area contributed by atoms with Crippen molar-refractivity contribution in [2.45, 2.75) is 98.6 Å². The maximum Gasteiger partial charge on any atom is 0.152 e. The number of rotatable bonds is 6. The number of ketones is 1. The van der Waals surface area contributed by atoms with Gasteiger partial charge in [-0.15, -0.1) is 0 Å². The Labute approximate surface area is 132 Å². The lowest BCUT2D eigenvalue weighted by Gasteiger charge is -2.39. The van der Waals surface area contributed by atoms with Gasteiger partial charge < -0.3 is 5.32 Å². The quantitative estimate of drug-likeness (QED) is 0.750. The van der Waals surface area contributed by atoms with E-state index < -0.39 is 0 Å². The van der Waals surface area contributed by atoms with Gasteiger partial charge in [0.2, 0.25) is 0 Å². The van der Waals surface area contributed by atoms with Crippen LogP contribution < -0.4 is 5.32 Å². The molecule has 1 unspecified atom stereocenters. The Morgan fingerprint density at radius 2 is 1.76 bits per heavy atom. The Morgan fingerprint density at radius 1 is 1.24 bits per heavy atom. The summed E-state index contributed by atoms with van der Waals surface area (Å²) in [6, 6.07) is 0.0287. The first kappa shape index (κ1) is 18.7. The molecule has 0 spiro atoms. The van der Waals surface area contributed by atoms with Crippen molar-refractivity contribution in [3.8, 4) is 0 Å². The smallest absolute Gasteiger partial charge is 0.152 e. The fraction of sp³-hybridized carbons (Fsp3) is 0.947. The van der Waals surface area contributed by atoms with E-state index in [0.717, 1.165) is 6.42 Å². The third-order valence-corrected chi connectivity index (χ3v) is 5.25. The first-order chi connectivity index (χ1) is 9.56. The van der Waals surface area contributed by atoms with Gasteiger partial charge >= 0.3 is 0 Å². The molecule has 2 nitrogen and oxygen atoms in total. The molecular formula is C19H37NO. The van der Waals surface area contributed by atoms with E-state index in [0.29, 0.717) is 17.1 Å². The predicted octanol–water partition coefficient (Wildman–Crippen LogP) is 4.96. The van der Waals surface area contributed by atoms with Crippen LogP contribution in [0.5, 0.6) is 0 Å². The second-order valence-corrected chi connectivity index (χ2v) is 8.85. The van der Waals surface area contributed by atoms with E-state index in [1.807, 2.05) is 13.8 Å². The molecule has 0 heterocycles. The summed E-state index contributed by atoms with van der Waals surface area (Å²) in [4.78, 5) is 12.5. The molecular weight excluding hydrogens is 258 g/mol. The summed E-state index contributed by atoms with van der Waals surface area (Å²) in [6.07, 6.45) is 7.54. The zero-order valence-electron chi connectivity index (χ0n) is 15.4. The van der Waals surface area contributed by atoms with Crippen LogP contribution >= 0.6 is 0 Å². The summed E-state index contributed by atoms with van der Waals surface area (Å²) >= 11 is 0. The van der Waals surface area contributed by atoms with Crippen LogP contribution in [0.15, 0.2) is 0 Å². The van der Waals surface area contributed by atoms with Crippen molar-refractivity contribution in [3.05, 3.63) is 0 Å². The van der Waals surface area contributed by atoms with E-state index in [2.05, 4.69) is 39.9 Å². The molecule has 1 N–H and O–H groups in total. The topological polar surface area (TPSA) is 29.1 Å². The number of nitrogens with one attached hydrogen (secondary N) is 1. The highest BCUT2D eigenvalue weighted by Crippen LogP contribution is 2.42. The molecule has 1 rings (SSSR count). The molecule has 0 amide bonds. The average molecular weight is 296 g/mol. The van der Waals surface area contributed by atoms with Gasteiger partial charge in [-0.1, -0.05) is 34.1 Å². The Bertz CT molecular complexity index is 332. The largest absolute Gasteiger partial charge is 0.303 e. The van der Waals surface area contributed by atoms with Crippen molar-refractivity contribution in [2.24, 2.45) is 17.3 Å². The fourth-order valence-electron chi connectivity index (χ4n) is 3.47. The zero-order chi connectivity index (χ0) is 16.3. The number of Topliss-reactive ketones (excluding diaryl/α,β-unsaturated/α-hetero) is 1. The molecule has 0 bridgehead atoms. The normalized spacial score (nSPS) is 28.7. The molecule has 21 heavy (non-hydrogen) atoms. The standard InChI is InChI=1S/C19H37NO/c1-8-19(7)11-9-15(10-12-19)13-16(17(21)14(2)3)20-18(4,5)6/h14-16,20H,8-13H2,1-7H3. The van der Waals surface area contributed by atoms with Crippen LogP contribution in [-0.2, 0) is 4.79 Å². The average Bonchev–Trinajstić information content (AvgIpc) is 2.38. The van der Waals surface area contributed by atoms with Crippen molar-refractivity contribution >= 4 is 5.78 Å². The van der Waals surface area contributed by atoms with Crippen molar-refractivity contribution in [2.75, 3.05) is 0 Å². The Balaban J connectivity index is 2.64. The molecule has 0 aromatic carbocycles. The van der Waals surface area contributed by atoms with Crippen LogP contribution in [0.2, 0.25) is 0 Å². The predicted molar refractivity (Wildman–Crippen MR) is 91.5 cm³/mol. The lowest BCUT2D eigenvalue weighted by Crippen LogP contribution is -2.50. The second kappa shape index (κ2) is 7.26. The highest BCUT2D eigenvalue weighted by atomic mass is 16.1. The molecule has 0 aromatic rings. The monoisotopic (exact) mass is 295 g/mol. The van der Waals surface area contributed by atoms with Crippen LogP contribution in [0, 0.1) is 17.3 Å². The number of hydrogen-bond acceptors (Lipinski definition) is 2. The van der Waals surface area contributed by atoms with Gasteiger partial charge in [-0.25, -0.2) is 0 Å². The van der Waals surface area contributed by atoms with Gasteiger partial charge in [0.05, 0.1) is 6.04 Å². The Kier molecular flexibility index (Phi) is 6.46. The molecule has 1 aliphatic carbocycles. The van der Waals surface area contributed by atoms with Gasteiger partial charge in [0.15, 0.2) is 5.78 Å². The number of carbonyl (C=O) groups excluding carboxylic acids is 1. The molecule has 1 aliphatic rings. The fourth-order valence-corrected chi connectivity index (χ4v) is 3.47. The zero-order valence-corrected chi connectivity index (χ0v) is 15.4. The molecule has 1 fully saturated rings. The lowest BCUT2D eigenvalue weighted by molar-refractivity contribution is -0.125. The van der Waals surface area contributed by atoms with Crippen molar-refractivity contribution in [1.29, 1.82) is 0 Å². The van der Waals surface area contributed by atoms with Gasteiger partial charge in [-0.05, 0) is 64.2 Å². The summed E-state index contributed by atoms with van der Waals surface area (Å²) in [6.45, 7) is 15.2. The molecule has 1 atom stereocenters. The first-order valence-electron chi connectivity index (χ1n) is 8.88. The SMILES string of the molecule is CCC1(C)CCC(CC(NC(C)(C)C)C(=O)C(C)C)CC1. The van der Waals surface area contributed by atoms with E-state index in [-0.39, 0.29) is 17.5 Å². The maximum atomic E-state index is 12.5. The van der Waals surface area contributed by atoms with Crippen molar-refractivity contribution < 1.29 is 4.79 Å². The molecule has 0 radical (unpaired) electrons. The molecule has 124 valence electrons. The van der Waals surface area contributed by atoms with E-state index in [9.17, 15) is 4.79 Å². The van der Waals surface area contributed by atoms with E-state index in [4.69, 9.17) is 0 Å². The molecule has 0 saturated heterocycles. The summed E-state index contributed by atoms with van der Waals surface area (Å²) in [7, 11) is 0. The Hall–Kier alpha value is -0.370. The highest BCUT2D eigenvalue weighted by molar-refractivity contribution is 5.85. The summed E-state index contributed by atoms with van der Waals surface area (Å²) < 4.78 is 0. The van der Waals surface area contributed by atoms with Gasteiger partial charge in [0, 0.05) is 11.5 Å². The third-order valence-electron chi connectivity index (χ3n) is 5.25. The van der Waals surface area contributed by atoms with E-state index in [1.54, 1.807) is 0 Å². The van der Waals surface area contributed by atoms with Gasteiger partial charge in [-0.2, -0.15) is 0 Å². The Morgan fingerprint density at radius 3 is 2.14 bits per heavy atom. The minimum Gasteiger partial charge on any atom is -0.303 e. The number of carbonyl (C=O) groups is 1. The molecule has 0 aromatic heterocycles. The second-order valence-electron chi connectivity index (χ2n) is 8.85.